The highest BCUT2D eigenvalue weighted by Gasteiger charge is 2.22. The summed E-state index contributed by atoms with van der Waals surface area (Å²) in [5.41, 5.74) is 5.96. The van der Waals surface area contributed by atoms with E-state index in [1.54, 1.807) is 31.6 Å². The van der Waals surface area contributed by atoms with Crippen LogP contribution in [0.3, 0.4) is 0 Å². The van der Waals surface area contributed by atoms with E-state index in [2.05, 4.69) is 68.2 Å². The maximum atomic E-state index is 13.5. The summed E-state index contributed by atoms with van der Waals surface area (Å²) in [4.78, 5) is 26.2. The van der Waals surface area contributed by atoms with E-state index in [1.165, 1.54) is 6.07 Å². The lowest BCUT2D eigenvalue weighted by molar-refractivity contribution is 0.0951. The van der Waals surface area contributed by atoms with Crippen LogP contribution in [0.25, 0.3) is 22.0 Å². The maximum absolute atomic E-state index is 13.5. The van der Waals surface area contributed by atoms with Crippen molar-refractivity contribution in [2.24, 2.45) is 0 Å². The Morgan fingerprint density at radius 2 is 1.65 bits per heavy atom. The molecule has 0 spiro atoms. The van der Waals surface area contributed by atoms with Crippen molar-refractivity contribution >= 4 is 28.4 Å². The maximum Gasteiger partial charge on any atom is 0.255 e. The van der Waals surface area contributed by atoms with E-state index in [-0.39, 0.29) is 19.1 Å². The highest BCUT2D eigenvalue weighted by atomic mass is 19.2. The van der Waals surface area contributed by atoms with Crippen molar-refractivity contribution < 1.29 is 18.7 Å². The minimum absolute atomic E-state index is 0.0558. The summed E-state index contributed by atoms with van der Waals surface area (Å²) in [7, 11) is 0. The second-order valence-corrected chi connectivity index (χ2v) is 10.6. The molecule has 2 heterocycles. The number of rotatable bonds is 9. The zero-order chi connectivity index (χ0) is 33.1. The van der Waals surface area contributed by atoms with E-state index in [1.807, 2.05) is 19.9 Å². The van der Waals surface area contributed by atoms with E-state index in [9.17, 15) is 13.6 Å². The predicted octanol–water partition coefficient (Wildman–Crippen LogP) is 7.42. The Hall–Kier alpha value is -4.96. The summed E-state index contributed by atoms with van der Waals surface area (Å²) in [5.74, 6) is -0.964. The third-order valence-electron chi connectivity index (χ3n) is 6.97. The van der Waals surface area contributed by atoms with Crippen LogP contribution in [-0.2, 0) is 13.1 Å². The minimum atomic E-state index is -0.953. The van der Waals surface area contributed by atoms with Crippen molar-refractivity contribution in [3.63, 3.8) is 0 Å². The van der Waals surface area contributed by atoms with Crippen molar-refractivity contribution in [1.82, 2.24) is 20.3 Å². The Labute approximate surface area is 268 Å². The fraction of sp³-hybridized carbons (Fsp3) is 0.278. The van der Waals surface area contributed by atoms with Crippen LogP contribution in [0.1, 0.15) is 60.7 Å². The van der Waals surface area contributed by atoms with E-state index in [4.69, 9.17) is 5.11 Å². The number of benzene rings is 3. The summed E-state index contributed by atoms with van der Waals surface area (Å²) in [5, 5.41) is 18.1. The molecule has 3 aromatic carbocycles. The van der Waals surface area contributed by atoms with Crippen LogP contribution in [0.5, 0.6) is 0 Å². The SMILES string of the molecule is CC.CCO.Cc1cc(CNc2ncccc2C(=O)NCc2ccc(F)c(F)c2)cc(-c2ccc3ncnc(NC4CC4)c3c2)c1. The number of nitrogens with zero attached hydrogens (tertiary/aromatic N) is 3. The monoisotopic (exact) mass is 626 g/mol. The standard InChI is InChI=1S/C32H28F2N6O.C2H6O.C2H6/c1-19-11-21(13-23(12-19)22-5-9-29-26(15-22)31(39-18-38-29)40-24-6-7-24)17-36-30-25(3-2-10-35-30)32(41)37-16-20-4-8-27(33)28(34)14-20;1-2-3;1-2/h2-5,8-15,18,24H,6-7,16-17H2,1H3,(H,35,36)(H,37,41)(H,38,39,40);3H,2H2,1H3;1-2H3. The second-order valence-electron chi connectivity index (χ2n) is 10.6. The molecule has 1 aliphatic rings. The fourth-order valence-corrected chi connectivity index (χ4v) is 4.75. The van der Waals surface area contributed by atoms with Crippen molar-refractivity contribution in [3.8, 4) is 11.1 Å². The van der Waals surface area contributed by atoms with Crippen LogP contribution in [0.15, 0.2) is 79.3 Å². The Bertz CT molecular complexity index is 1780. The smallest absolute Gasteiger partial charge is 0.255 e. The molecule has 1 fully saturated rings. The van der Waals surface area contributed by atoms with Crippen LogP contribution < -0.4 is 16.0 Å². The molecule has 0 aliphatic heterocycles. The van der Waals surface area contributed by atoms with E-state index < -0.39 is 11.6 Å². The number of carbonyl (C=O) groups excluding carboxylic acids is 1. The quantitative estimate of drug-likeness (QED) is 0.135. The Morgan fingerprint density at radius 3 is 2.39 bits per heavy atom. The largest absolute Gasteiger partial charge is 0.397 e. The summed E-state index contributed by atoms with van der Waals surface area (Å²) >= 11 is 0. The van der Waals surface area contributed by atoms with E-state index in [0.29, 0.717) is 29.5 Å². The molecule has 2 aromatic heterocycles. The number of amides is 1. The molecule has 0 saturated heterocycles. The number of nitrogens with one attached hydrogen (secondary N) is 3. The van der Waals surface area contributed by atoms with Crippen molar-refractivity contribution in [2.45, 2.75) is 59.7 Å². The molecule has 0 radical (unpaired) electrons. The van der Waals surface area contributed by atoms with Gasteiger partial charge in [0.15, 0.2) is 11.6 Å². The third kappa shape index (κ3) is 9.04. The number of fused-ring (bicyclic) bond motifs is 1. The lowest BCUT2D eigenvalue weighted by Gasteiger charge is -2.13. The van der Waals surface area contributed by atoms with Gasteiger partial charge in [-0.25, -0.2) is 23.7 Å². The summed E-state index contributed by atoms with van der Waals surface area (Å²) in [6.45, 7) is 8.48. The van der Waals surface area contributed by atoms with E-state index >= 15 is 0 Å². The number of carbonyl (C=O) groups is 1. The van der Waals surface area contributed by atoms with Gasteiger partial charge in [-0.2, -0.15) is 0 Å². The molecule has 10 heteroatoms. The first kappa shape index (κ1) is 33.9. The minimum Gasteiger partial charge on any atom is -0.397 e. The molecule has 8 nitrogen and oxygen atoms in total. The number of aliphatic hydroxyl groups excluding tert-OH is 1. The van der Waals surface area contributed by atoms with Gasteiger partial charge in [0, 0.05) is 37.3 Å². The molecule has 5 aromatic rings. The lowest BCUT2D eigenvalue weighted by atomic mass is 9.99. The molecule has 0 bridgehead atoms. The van der Waals surface area contributed by atoms with Gasteiger partial charge in [-0.05, 0) is 91.4 Å². The van der Waals surface area contributed by atoms with Gasteiger partial charge >= 0.3 is 0 Å². The van der Waals surface area contributed by atoms with Crippen molar-refractivity contribution in [1.29, 1.82) is 0 Å². The first-order chi connectivity index (χ1) is 22.3. The second kappa shape index (κ2) is 16.4. The van der Waals surface area contributed by atoms with Gasteiger partial charge in [-0.3, -0.25) is 4.79 Å². The predicted molar refractivity (Wildman–Crippen MR) is 180 cm³/mol. The average Bonchev–Trinajstić information content (AvgIpc) is 3.89. The number of hydrogen-bond acceptors (Lipinski definition) is 7. The van der Waals surface area contributed by atoms with Gasteiger partial charge in [0.2, 0.25) is 0 Å². The third-order valence-corrected chi connectivity index (χ3v) is 6.97. The Balaban J connectivity index is 0.000000908. The van der Waals surface area contributed by atoms with Crippen LogP contribution >= 0.6 is 0 Å². The first-order valence-electron chi connectivity index (χ1n) is 15.5. The molecule has 0 atom stereocenters. The Morgan fingerprint density at radius 1 is 0.870 bits per heavy atom. The van der Waals surface area contributed by atoms with Crippen LogP contribution in [-0.4, -0.2) is 38.6 Å². The Kier molecular flexibility index (Phi) is 12.1. The average molecular weight is 627 g/mol. The van der Waals surface area contributed by atoms with Gasteiger partial charge in [0.25, 0.3) is 5.91 Å². The van der Waals surface area contributed by atoms with Crippen LogP contribution in [0.2, 0.25) is 0 Å². The van der Waals surface area contributed by atoms with Gasteiger partial charge in [-0.15, -0.1) is 0 Å². The van der Waals surface area contributed by atoms with Gasteiger partial charge < -0.3 is 21.1 Å². The first-order valence-corrected chi connectivity index (χ1v) is 15.5. The normalized spacial score (nSPS) is 11.9. The number of aryl methyl sites for hydroxylation is 1. The molecular formula is C36H40F2N6O2. The highest BCUT2D eigenvalue weighted by molar-refractivity contribution is 5.98. The lowest BCUT2D eigenvalue weighted by Crippen LogP contribution is -2.24. The highest BCUT2D eigenvalue weighted by Crippen LogP contribution is 2.31. The molecule has 1 amide bonds. The van der Waals surface area contributed by atoms with Gasteiger partial charge in [0.05, 0.1) is 11.1 Å². The fourth-order valence-electron chi connectivity index (χ4n) is 4.75. The zero-order valence-corrected chi connectivity index (χ0v) is 26.6. The number of aliphatic hydroxyl groups is 1. The summed E-state index contributed by atoms with van der Waals surface area (Å²) in [6.07, 6.45) is 5.53. The van der Waals surface area contributed by atoms with E-state index in [0.717, 1.165) is 63.9 Å². The number of halogens is 2. The molecule has 6 rings (SSSR count). The number of hydrogen-bond donors (Lipinski definition) is 4. The van der Waals surface area contributed by atoms with Crippen LogP contribution in [0, 0.1) is 18.6 Å². The van der Waals surface area contributed by atoms with Gasteiger partial charge in [0.1, 0.15) is 18.0 Å². The summed E-state index contributed by atoms with van der Waals surface area (Å²) in [6, 6.07) is 19.9. The zero-order valence-electron chi connectivity index (χ0n) is 26.6. The summed E-state index contributed by atoms with van der Waals surface area (Å²) < 4.78 is 26.8. The molecule has 4 N–H and O–H groups in total. The van der Waals surface area contributed by atoms with Crippen LogP contribution in [0.4, 0.5) is 20.4 Å². The molecule has 1 saturated carbocycles. The molecule has 46 heavy (non-hydrogen) atoms. The molecular weight excluding hydrogens is 586 g/mol. The van der Waals surface area contributed by atoms with Gasteiger partial charge in [-0.1, -0.05) is 43.7 Å². The molecule has 240 valence electrons. The number of pyridine rings is 1. The number of aromatic nitrogens is 3. The number of anilines is 2. The molecule has 0 unspecified atom stereocenters. The van der Waals surface area contributed by atoms with Crippen molar-refractivity contribution in [2.75, 3.05) is 17.2 Å². The topological polar surface area (TPSA) is 112 Å². The van der Waals surface area contributed by atoms with Crippen molar-refractivity contribution in [3.05, 3.63) is 113 Å². The molecule has 1 aliphatic carbocycles.